The number of amides is 2. The third-order valence-corrected chi connectivity index (χ3v) is 4.96. The lowest BCUT2D eigenvalue weighted by Gasteiger charge is -2.17. The molecule has 1 aliphatic heterocycles. The molecule has 29 heavy (non-hydrogen) atoms. The monoisotopic (exact) mass is 447 g/mol. The van der Waals surface area contributed by atoms with Gasteiger partial charge < -0.3 is 5.32 Å². The SMILES string of the molecule is O=C(NC1=NN(c2c(Cl)cc(Cl)cc2Cl)C(=O)C1n1cccn1)c1ccccc1. The minimum Gasteiger partial charge on any atom is -0.306 e. The van der Waals surface area contributed by atoms with E-state index in [4.69, 9.17) is 34.8 Å². The predicted octanol–water partition coefficient (Wildman–Crippen LogP) is 4.17. The molecule has 2 amide bonds. The van der Waals surface area contributed by atoms with Crippen molar-refractivity contribution in [3.63, 3.8) is 0 Å². The summed E-state index contributed by atoms with van der Waals surface area (Å²) in [6, 6.07) is 12.2. The first-order valence-corrected chi connectivity index (χ1v) is 9.51. The molecule has 0 saturated carbocycles. The average Bonchev–Trinajstić information content (AvgIpc) is 3.30. The van der Waals surface area contributed by atoms with Gasteiger partial charge in [-0.15, -0.1) is 5.10 Å². The van der Waals surface area contributed by atoms with Crippen LogP contribution in [0.15, 0.2) is 66.0 Å². The van der Waals surface area contributed by atoms with E-state index in [0.717, 1.165) is 5.01 Å². The summed E-state index contributed by atoms with van der Waals surface area (Å²) in [7, 11) is 0. The number of carbonyl (C=O) groups excluding carboxylic acids is 2. The van der Waals surface area contributed by atoms with Crippen molar-refractivity contribution in [3.8, 4) is 0 Å². The highest BCUT2D eigenvalue weighted by Gasteiger charge is 2.41. The number of carbonyl (C=O) groups is 2. The lowest BCUT2D eigenvalue weighted by Crippen LogP contribution is -2.38. The zero-order valence-corrected chi connectivity index (χ0v) is 16.9. The van der Waals surface area contributed by atoms with Crippen LogP contribution in [0.2, 0.25) is 15.1 Å². The van der Waals surface area contributed by atoms with E-state index in [2.05, 4.69) is 15.5 Å². The molecular formula is C19H12Cl3N5O2. The van der Waals surface area contributed by atoms with Crippen LogP contribution in [0.5, 0.6) is 0 Å². The molecule has 1 N–H and O–H groups in total. The van der Waals surface area contributed by atoms with Gasteiger partial charge in [0, 0.05) is 23.0 Å². The molecule has 1 aliphatic rings. The molecule has 1 atom stereocenters. The number of hydrazone groups is 1. The van der Waals surface area contributed by atoms with E-state index in [0.29, 0.717) is 10.6 Å². The minimum atomic E-state index is -0.986. The molecule has 3 aromatic rings. The molecule has 1 aromatic heterocycles. The number of hydrogen-bond acceptors (Lipinski definition) is 4. The number of rotatable bonds is 3. The smallest absolute Gasteiger partial charge is 0.280 e. The van der Waals surface area contributed by atoms with Crippen molar-refractivity contribution in [3.05, 3.63) is 81.6 Å². The van der Waals surface area contributed by atoms with Gasteiger partial charge in [-0.3, -0.25) is 14.3 Å². The van der Waals surface area contributed by atoms with Crippen molar-refractivity contribution < 1.29 is 9.59 Å². The van der Waals surface area contributed by atoms with Crippen molar-refractivity contribution in [2.24, 2.45) is 5.10 Å². The van der Waals surface area contributed by atoms with Crippen LogP contribution in [0.1, 0.15) is 16.4 Å². The van der Waals surface area contributed by atoms with Gasteiger partial charge in [-0.1, -0.05) is 53.0 Å². The Morgan fingerprint density at radius 3 is 2.34 bits per heavy atom. The van der Waals surface area contributed by atoms with Crippen LogP contribution in [-0.2, 0) is 4.79 Å². The number of halogens is 3. The van der Waals surface area contributed by atoms with Crippen LogP contribution in [0.25, 0.3) is 0 Å². The van der Waals surface area contributed by atoms with Gasteiger partial charge in [-0.25, -0.2) is 0 Å². The summed E-state index contributed by atoms with van der Waals surface area (Å²) in [4.78, 5) is 25.8. The summed E-state index contributed by atoms with van der Waals surface area (Å²) in [5.41, 5.74) is 0.590. The molecule has 0 bridgehead atoms. The van der Waals surface area contributed by atoms with Crippen molar-refractivity contribution in [1.82, 2.24) is 15.1 Å². The zero-order chi connectivity index (χ0) is 20.5. The fraction of sp³-hybridized carbons (Fsp3) is 0.0526. The standard InChI is InChI=1S/C19H12Cl3N5O2/c20-12-9-13(21)15(14(22)10-12)27-19(29)16(26-8-4-7-23-26)17(25-27)24-18(28)11-5-2-1-3-6-11/h1-10,16H,(H,24,25,28). The number of amidine groups is 1. The minimum absolute atomic E-state index is 0.0923. The first-order valence-electron chi connectivity index (χ1n) is 8.38. The Balaban J connectivity index is 1.75. The van der Waals surface area contributed by atoms with Crippen molar-refractivity contribution in [2.75, 3.05) is 5.01 Å². The molecule has 0 radical (unpaired) electrons. The quantitative estimate of drug-likeness (QED) is 0.653. The number of anilines is 1. The van der Waals surface area contributed by atoms with E-state index >= 15 is 0 Å². The Labute approximate surface area is 180 Å². The van der Waals surface area contributed by atoms with Crippen LogP contribution in [0, 0.1) is 0 Å². The van der Waals surface area contributed by atoms with E-state index in [1.54, 1.807) is 42.6 Å². The summed E-state index contributed by atoms with van der Waals surface area (Å²) in [5.74, 6) is -0.803. The lowest BCUT2D eigenvalue weighted by atomic mass is 10.2. The molecule has 4 rings (SSSR count). The summed E-state index contributed by atoms with van der Waals surface area (Å²) < 4.78 is 1.39. The summed E-state index contributed by atoms with van der Waals surface area (Å²) in [5, 5.41) is 12.8. The molecular weight excluding hydrogens is 437 g/mol. The number of benzene rings is 2. The number of hydrogen-bond donors (Lipinski definition) is 1. The maximum Gasteiger partial charge on any atom is 0.280 e. The highest BCUT2D eigenvalue weighted by atomic mass is 35.5. The molecule has 10 heteroatoms. The van der Waals surface area contributed by atoms with Crippen LogP contribution in [0.4, 0.5) is 5.69 Å². The number of nitrogens with zero attached hydrogens (tertiary/aromatic N) is 4. The molecule has 2 heterocycles. The average molecular weight is 449 g/mol. The second kappa shape index (κ2) is 7.87. The molecule has 7 nitrogen and oxygen atoms in total. The fourth-order valence-corrected chi connectivity index (χ4v) is 3.86. The summed E-state index contributed by atoms with van der Waals surface area (Å²) in [6.45, 7) is 0. The van der Waals surface area contributed by atoms with Gasteiger partial charge in [-0.05, 0) is 30.3 Å². The van der Waals surface area contributed by atoms with E-state index in [-0.39, 0.29) is 21.6 Å². The Morgan fingerprint density at radius 1 is 1.03 bits per heavy atom. The van der Waals surface area contributed by atoms with Gasteiger partial charge in [0.2, 0.25) is 0 Å². The summed E-state index contributed by atoms with van der Waals surface area (Å²) >= 11 is 18.5. The maximum atomic E-state index is 13.2. The third kappa shape index (κ3) is 3.72. The largest absolute Gasteiger partial charge is 0.306 e. The van der Waals surface area contributed by atoms with E-state index in [1.165, 1.54) is 23.0 Å². The molecule has 0 spiro atoms. The zero-order valence-electron chi connectivity index (χ0n) is 14.6. The van der Waals surface area contributed by atoms with Crippen LogP contribution >= 0.6 is 34.8 Å². The fourth-order valence-electron chi connectivity index (χ4n) is 2.88. The molecule has 0 saturated heterocycles. The van der Waals surface area contributed by atoms with E-state index < -0.39 is 17.9 Å². The van der Waals surface area contributed by atoms with E-state index in [9.17, 15) is 9.59 Å². The van der Waals surface area contributed by atoms with Gasteiger partial charge in [0.25, 0.3) is 11.8 Å². The normalized spacial score (nSPS) is 16.1. The first-order chi connectivity index (χ1) is 14.0. The van der Waals surface area contributed by atoms with Gasteiger partial charge in [-0.2, -0.15) is 10.1 Å². The Bertz CT molecular complexity index is 1090. The number of aromatic nitrogens is 2. The van der Waals surface area contributed by atoms with Gasteiger partial charge >= 0.3 is 0 Å². The highest BCUT2D eigenvalue weighted by molar-refractivity contribution is 6.43. The second-order valence-corrected chi connectivity index (χ2v) is 7.31. The first kappa shape index (κ1) is 19.4. The van der Waals surface area contributed by atoms with Crippen molar-refractivity contribution in [2.45, 2.75) is 6.04 Å². The molecule has 2 aromatic carbocycles. The van der Waals surface area contributed by atoms with Crippen molar-refractivity contribution in [1.29, 1.82) is 0 Å². The Morgan fingerprint density at radius 2 is 1.72 bits per heavy atom. The van der Waals surface area contributed by atoms with Crippen LogP contribution in [-0.4, -0.2) is 27.4 Å². The van der Waals surface area contributed by atoms with Crippen molar-refractivity contribution >= 4 is 58.1 Å². The van der Waals surface area contributed by atoms with E-state index in [1.807, 2.05) is 0 Å². The van der Waals surface area contributed by atoms with Crippen LogP contribution < -0.4 is 10.3 Å². The topological polar surface area (TPSA) is 79.6 Å². The third-order valence-electron chi connectivity index (χ3n) is 4.17. The summed E-state index contributed by atoms with van der Waals surface area (Å²) in [6.07, 6.45) is 3.12. The van der Waals surface area contributed by atoms with Gasteiger partial charge in [0.15, 0.2) is 11.9 Å². The van der Waals surface area contributed by atoms with Gasteiger partial charge in [0.05, 0.1) is 10.0 Å². The number of nitrogens with one attached hydrogen (secondary N) is 1. The molecule has 0 aliphatic carbocycles. The van der Waals surface area contributed by atoms with Crippen LogP contribution in [0.3, 0.4) is 0 Å². The molecule has 146 valence electrons. The lowest BCUT2D eigenvalue weighted by molar-refractivity contribution is -0.119. The second-order valence-electron chi connectivity index (χ2n) is 6.06. The maximum absolute atomic E-state index is 13.2. The Hall–Kier alpha value is -2.87. The van der Waals surface area contributed by atoms with Gasteiger partial charge in [0.1, 0.15) is 5.69 Å². The Kier molecular flexibility index (Phi) is 5.27. The molecule has 0 fully saturated rings. The molecule has 1 unspecified atom stereocenters. The highest BCUT2D eigenvalue weighted by Crippen LogP contribution is 2.39. The predicted molar refractivity (Wildman–Crippen MR) is 112 cm³/mol.